The molecule has 0 unspecified atom stereocenters. The molecule has 0 fully saturated rings. The summed E-state index contributed by atoms with van der Waals surface area (Å²) in [7, 11) is 0. The van der Waals surface area contributed by atoms with Gasteiger partial charge < -0.3 is 0 Å². The van der Waals surface area contributed by atoms with Crippen molar-refractivity contribution >= 4 is 44.3 Å². The van der Waals surface area contributed by atoms with Gasteiger partial charge in [0.2, 0.25) is 5.69 Å². The summed E-state index contributed by atoms with van der Waals surface area (Å²) in [4.78, 5) is 0. The summed E-state index contributed by atoms with van der Waals surface area (Å²) in [6, 6.07) is 21.2. The van der Waals surface area contributed by atoms with E-state index in [0.717, 1.165) is 12.1 Å². The van der Waals surface area contributed by atoms with E-state index in [1.807, 2.05) is 6.07 Å². The third-order valence-electron chi connectivity index (χ3n) is 10.2. The first-order valence-corrected chi connectivity index (χ1v) is 17.8. The summed E-state index contributed by atoms with van der Waals surface area (Å²) in [6.07, 6.45) is -5.06. The lowest BCUT2D eigenvalue weighted by Crippen LogP contribution is -2.81. The van der Waals surface area contributed by atoms with E-state index < -0.39 is 144 Å². The molecule has 338 valence electrons. The van der Waals surface area contributed by atoms with Crippen molar-refractivity contribution < 1.29 is 92.4 Å². The fourth-order valence-corrected chi connectivity index (χ4v) is 7.52. The van der Waals surface area contributed by atoms with Crippen molar-refractivity contribution in [1.82, 2.24) is 0 Å². The Bertz CT molecular complexity index is 2720. The van der Waals surface area contributed by atoms with E-state index in [1.54, 1.807) is 0 Å². The molecule has 0 aliphatic carbocycles. The number of rotatable bonds is 7. The quantitative estimate of drug-likeness (QED) is 0.0493. The Morgan fingerprint density at radius 1 is 0.385 bits per heavy atom. The van der Waals surface area contributed by atoms with E-state index in [9.17, 15) is 52.7 Å². The molecule has 7 rings (SSSR count). The SMILES string of the molecule is C=C(C)c1c2ccccc2cc[n+]1Cc1ccccc1.Fc1c(F)c(F)c([B-](c2c(F)c(F)c(F)c(F)c2F)(c2c(F)c(F)c(F)c(F)c2F)c2c(F)c(F)c(F)c(F)c2F)c(F)c1F. The fourth-order valence-electron chi connectivity index (χ4n) is 7.52. The third-order valence-corrected chi connectivity index (χ3v) is 10.2. The van der Waals surface area contributed by atoms with Gasteiger partial charge in [-0.1, -0.05) is 55.1 Å². The van der Waals surface area contributed by atoms with Crippen LogP contribution in [0.3, 0.4) is 0 Å². The molecule has 6 aromatic carbocycles. The van der Waals surface area contributed by atoms with Crippen LogP contribution in [0.25, 0.3) is 16.3 Å². The first-order valence-electron chi connectivity index (χ1n) is 17.8. The maximum absolute atomic E-state index is 15.4. The average molecular weight is 939 g/mol. The number of hydrogen-bond donors (Lipinski definition) is 0. The van der Waals surface area contributed by atoms with Gasteiger partial charge in [0.15, 0.2) is 82.5 Å². The number of halogens is 20. The van der Waals surface area contributed by atoms with Gasteiger partial charge in [-0.05, 0) is 18.4 Å². The van der Waals surface area contributed by atoms with Crippen LogP contribution in [-0.2, 0) is 6.54 Å². The zero-order chi connectivity index (χ0) is 48.3. The molecule has 0 aliphatic rings. The number of aromatic nitrogens is 1. The number of nitrogens with zero attached hydrogens (tertiary/aromatic N) is 1. The standard InChI is InChI=1S/C24BF20.C19H18N/c26-5-1(6(27)14(35)21(42)13(5)34)25(2-7(28)15(36)22(43)16(37)8(2)29,3-9(30)17(38)23(44)18(39)10(3)31)4-11(32)19(40)24(45)20(41)12(4)33;1-15(2)19-18-11-7-6-10-17(18)12-13-20(19)14-16-8-4-3-5-9-16/h;3-13H,1,14H2,2H3/q-1;+1. The molecule has 7 aromatic rings. The minimum absolute atomic E-state index is 0.869. The van der Waals surface area contributed by atoms with Gasteiger partial charge in [-0.25, -0.2) is 87.8 Å². The monoisotopic (exact) mass is 939 g/mol. The molecule has 0 bridgehead atoms. The Hall–Kier alpha value is -6.87. The summed E-state index contributed by atoms with van der Waals surface area (Å²) >= 11 is 0. The Morgan fingerprint density at radius 2 is 0.662 bits per heavy atom. The average Bonchev–Trinajstić information content (AvgIpc) is 3.29. The lowest BCUT2D eigenvalue weighted by Gasteiger charge is -2.44. The van der Waals surface area contributed by atoms with Crippen LogP contribution in [0.1, 0.15) is 18.2 Å². The van der Waals surface area contributed by atoms with Crippen LogP contribution in [0.2, 0.25) is 0 Å². The van der Waals surface area contributed by atoms with Gasteiger partial charge in [0.1, 0.15) is 52.7 Å². The van der Waals surface area contributed by atoms with E-state index in [0.29, 0.717) is 0 Å². The van der Waals surface area contributed by atoms with Gasteiger partial charge in [0.25, 0.3) is 0 Å². The van der Waals surface area contributed by atoms with Crippen molar-refractivity contribution in [3.63, 3.8) is 0 Å². The zero-order valence-electron chi connectivity index (χ0n) is 31.8. The van der Waals surface area contributed by atoms with E-state index in [2.05, 4.69) is 78.9 Å². The number of fused-ring (bicyclic) bond motifs is 1. The summed E-state index contributed by atoms with van der Waals surface area (Å²) in [5, 5.41) is 2.52. The van der Waals surface area contributed by atoms with Gasteiger partial charge in [-0.2, -0.15) is 4.57 Å². The van der Waals surface area contributed by atoms with Crippen LogP contribution in [-0.4, -0.2) is 6.15 Å². The van der Waals surface area contributed by atoms with Crippen LogP contribution in [0, 0.1) is 116 Å². The van der Waals surface area contributed by atoms with E-state index in [4.69, 9.17) is 0 Å². The molecule has 0 saturated carbocycles. The molecule has 1 heterocycles. The molecule has 65 heavy (non-hydrogen) atoms. The van der Waals surface area contributed by atoms with Crippen LogP contribution >= 0.6 is 0 Å². The van der Waals surface area contributed by atoms with Gasteiger partial charge >= 0.3 is 0 Å². The first kappa shape index (κ1) is 47.6. The van der Waals surface area contributed by atoms with Gasteiger partial charge in [0, 0.05) is 17.2 Å². The molecule has 0 atom stereocenters. The first-order chi connectivity index (χ1) is 30.5. The van der Waals surface area contributed by atoms with Gasteiger partial charge in [0.05, 0.1) is 5.39 Å². The van der Waals surface area contributed by atoms with Gasteiger partial charge in [-0.15, -0.1) is 21.9 Å². The van der Waals surface area contributed by atoms with Crippen molar-refractivity contribution in [2.24, 2.45) is 0 Å². The van der Waals surface area contributed by atoms with Crippen molar-refractivity contribution in [2.75, 3.05) is 0 Å². The molecule has 0 amide bonds. The summed E-state index contributed by atoms with van der Waals surface area (Å²) in [5.41, 5.74) is -10.7. The fraction of sp³-hybridized carbons (Fsp3) is 0.0465. The van der Waals surface area contributed by atoms with Crippen LogP contribution < -0.4 is 26.4 Å². The summed E-state index contributed by atoms with van der Waals surface area (Å²) in [5.74, 6) is -71.4. The Labute approximate surface area is 351 Å². The molecule has 0 N–H and O–H groups in total. The normalized spacial score (nSPS) is 11.6. The molecule has 0 aliphatic heterocycles. The third kappa shape index (κ3) is 7.41. The highest BCUT2D eigenvalue weighted by Crippen LogP contribution is 2.31. The lowest BCUT2D eigenvalue weighted by molar-refractivity contribution is -0.689. The molecule has 0 radical (unpaired) electrons. The van der Waals surface area contributed by atoms with Crippen LogP contribution in [0.15, 0.2) is 73.4 Å². The molecule has 0 spiro atoms. The predicted molar refractivity (Wildman–Crippen MR) is 194 cm³/mol. The largest absolute Gasteiger partial charge is 0.215 e. The second-order valence-electron chi connectivity index (χ2n) is 13.9. The second-order valence-corrected chi connectivity index (χ2v) is 13.9. The Morgan fingerprint density at radius 3 is 0.969 bits per heavy atom. The van der Waals surface area contributed by atoms with Crippen molar-refractivity contribution in [3.05, 3.63) is 201 Å². The van der Waals surface area contributed by atoms with Crippen molar-refractivity contribution in [2.45, 2.75) is 13.5 Å². The highest BCUT2D eigenvalue weighted by molar-refractivity contribution is 7.20. The lowest BCUT2D eigenvalue weighted by atomic mass is 9.12. The van der Waals surface area contributed by atoms with E-state index >= 15 is 35.1 Å². The maximum Gasteiger partial charge on any atom is 0.215 e. The summed E-state index contributed by atoms with van der Waals surface area (Å²) in [6.45, 7) is 7.10. The zero-order valence-corrected chi connectivity index (χ0v) is 31.8. The van der Waals surface area contributed by atoms with Crippen molar-refractivity contribution in [1.29, 1.82) is 0 Å². The van der Waals surface area contributed by atoms with Crippen molar-refractivity contribution in [3.8, 4) is 0 Å². The van der Waals surface area contributed by atoms with Crippen LogP contribution in [0.5, 0.6) is 0 Å². The molecule has 1 nitrogen and oxygen atoms in total. The smallest absolute Gasteiger partial charge is 0.207 e. The Balaban J connectivity index is 0.000000289. The molecule has 1 aromatic heterocycles. The van der Waals surface area contributed by atoms with E-state index in [1.165, 1.54) is 22.0 Å². The Kier molecular flexibility index (Phi) is 12.9. The molecule has 22 heteroatoms. The number of benzene rings is 6. The maximum atomic E-state index is 15.4. The molecule has 0 saturated heterocycles. The second kappa shape index (κ2) is 17.6. The number of hydrogen-bond acceptors (Lipinski definition) is 0. The van der Waals surface area contributed by atoms with Crippen LogP contribution in [0.4, 0.5) is 87.8 Å². The number of allylic oxidation sites excluding steroid dienone is 1. The minimum atomic E-state index is -7.22. The molecular weight excluding hydrogens is 921 g/mol. The topological polar surface area (TPSA) is 3.88 Å². The molecular formula is C43H18BF20N. The number of pyridine rings is 1. The van der Waals surface area contributed by atoms with E-state index in [-0.39, 0.29) is 0 Å². The predicted octanol–water partition coefficient (Wildman–Crippen LogP) is 10.1. The summed E-state index contributed by atoms with van der Waals surface area (Å²) < 4.78 is 296. The minimum Gasteiger partial charge on any atom is -0.207 e. The highest BCUT2D eigenvalue weighted by atomic mass is 19.2. The highest BCUT2D eigenvalue weighted by Gasteiger charge is 2.52. The van der Waals surface area contributed by atoms with Gasteiger partial charge in [-0.3, -0.25) is 0 Å².